The average Bonchev–Trinajstić information content (AvgIpc) is 2.99. The Labute approximate surface area is 159 Å². The third-order valence-corrected chi connectivity index (χ3v) is 7.31. The summed E-state index contributed by atoms with van der Waals surface area (Å²) in [5, 5.41) is 3.94. The molecule has 1 aromatic rings. The molecule has 1 N–H and O–H groups in total. The number of carbonyl (C=O) groups excluding carboxylic acids is 2. The number of benzene rings is 1. The second-order valence-corrected chi connectivity index (χ2v) is 9.37. The topological polar surface area (TPSA) is 49.4 Å². The van der Waals surface area contributed by atoms with Crippen LogP contribution in [0.25, 0.3) is 0 Å². The van der Waals surface area contributed by atoms with Crippen LogP contribution in [0.5, 0.6) is 0 Å². The van der Waals surface area contributed by atoms with E-state index in [2.05, 4.69) is 5.32 Å². The number of halogens is 1. The molecule has 1 aliphatic heterocycles. The molecule has 6 rings (SSSR count). The van der Waals surface area contributed by atoms with E-state index in [9.17, 15) is 9.59 Å². The maximum atomic E-state index is 13.0. The SMILES string of the molecule is O=C(NC12CC3CC(CC(C3)C1)C2)c1ccc(Cl)c(N2CCCC2=O)c1. The standard InChI is InChI=1S/C21H25ClN2O2/c22-17-4-3-16(9-18(17)24-5-1-2-19(24)25)20(26)23-21-10-13-6-14(11-21)8-15(7-13)12-21/h3-4,9,13-15H,1-2,5-8,10-12H2,(H,23,26). The zero-order valence-electron chi connectivity index (χ0n) is 15.0. The van der Waals surface area contributed by atoms with Gasteiger partial charge in [0, 0.05) is 24.1 Å². The van der Waals surface area contributed by atoms with Crippen molar-refractivity contribution in [2.45, 2.75) is 56.9 Å². The van der Waals surface area contributed by atoms with E-state index in [1.54, 1.807) is 23.1 Å². The van der Waals surface area contributed by atoms with E-state index in [1.807, 2.05) is 0 Å². The van der Waals surface area contributed by atoms with Crippen molar-refractivity contribution >= 4 is 29.1 Å². The van der Waals surface area contributed by atoms with E-state index in [0.717, 1.165) is 43.4 Å². The molecular weight excluding hydrogens is 348 g/mol. The van der Waals surface area contributed by atoms with Crippen molar-refractivity contribution in [2.24, 2.45) is 17.8 Å². The van der Waals surface area contributed by atoms with Gasteiger partial charge in [-0.05, 0) is 80.9 Å². The van der Waals surface area contributed by atoms with E-state index in [4.69, 9.17) is 11.6 Å². The molecule has 26 heavy (non-hydrogen) atoms. The Morgan fingerprint density at radius 1 is 1.12 bits per heavy atom. The second-order valence-electron chi connectivity index (χ2n) is 8.97. The van der Waals surface area contributed by atoms with Crippen molar-refractivity contribution in [1.29, 1.82) is 0 Å². The van der Waals surface area contributed by atoms with Crippen molar-refractivity contribution in [3.8, 4) is 0 Å². The molecule has 4 bridgehead atoms. The molecule has 0 radical (unpaired) electrons. The summed E-state index contributed by atoms with van der Waals surface area (Å²) in [5.41, 5.74) is 1.28. The highest BCUT2D eigenvalue weighted by Crippen LogP contribution is 2.55. The Bertz CT molecular complexity index is 740. The van der Waals surface area contributed by atoms with Crippen LogP contribution >= 0.6 is 11.6 Å². The fourth-order valence-corrected chi connectivity index (χ4v) is 6.56. The van der Waals surface area contributed by atoms with Gasteiger partial charge in [0.2, 0.25) is 5.91 Å². The van der Waals surface area contributed by atoms with Crippen LogP contribution in [-0.4, -0.2) is 23.9 Å². The quantitative estimate of drug-likeness (QED) is 0.865. The molecule has 138 valence electrons. The molecule has 5 fully saturated rings. The number of rotatable bonds is 3. The molecule has 1 saturated heterocycles. The minimum absolute atomic E-state index is 0.00486. The van der Waals surface area contributed by atoms with Crippen molar-refractivity contribution in [3.05, 3.63) is 28.8 Å². The van der Waals surface area contributed by atoms with Crippen LogP contribution in [0.3, 0.4) is 0 Å². The van der Waals surface area contributed by atoms with E-state index in [1.165, 1.54) is 19.3 Å². The maximum absolute atomic E-state index is 13.0. The van der Waals surface area contributed by atoms with E-state index >= 15 is 0 Å². The van der Waals surface area contributed by atoms with Crippen molar-refractivity contribution in [2.75, 3.05) is 11.4 Å². The van der Waals surface area contributed by atoms with Crippen molar-refractivity contribution in [1.82, 2.24) is 5.32 Å². The Hall–Kier alpha value is -1.55. The normalized spacial score (nSPS) is 35.2. The third kappa shape index (κ3) is 2.74. The van der Waals surface area contributed by atoms with Crippen LogP contribution in [0.1, 0.15) is 61.7 Å². The summed E-state index contributed by atoms with van der Waals surface area (Å²) in [6.45, 7) is 0.679. The highest BCUT2D eigenvalue weighted by molar-refractivity contribution is 6.34. The van der Waals surface area contributed by atoms with Crippen LogP contribution < -0.4 is 10.2 Å². The van der Waals surface area contributed by atoms with Crippen molar-refractivity contribution < 1.29 is 9.59 Å². The van der Waals surface area contributed by atoms with Gasteiger partial charge in [0.25, 0.3) is 5.91 Å². The molecule has 0 aromatic heterocycles. The Morgan fingerprint density at radius 2 is 1.77 bits per heavy atom. The molecule has 1 aromatic carbocycles. The predicted octanol–water partition coefficient (Wildman–Crippen LogP) is 4.17. The second kappa shape index (κ2) is 5.98. The van der Waals surface area contributed by atoms with Crippen LogP contribution in [0.15, 0.2) is 18.2 Å². The maximum Gasteiger partial charge on any atom is 0.251 e. The lowest BCUT2D eigenvalue weighted by Crippen LogP contribution is -2.59. The largest absolute Gasteiger partial charge is 0.347 e. The summed E-state index contributed by atoms with van der Waals surface area (Å²) in [5.74, 6) is 2.46. The predicted molar refractivity (Wildman–Crippen MR) is 101 cm³/mol. The summed E-state index contributed by atoms with van der Waals surface area (Å²) >= 11 is 6.32. The number of nitrogens with one attached hydrogen (secondary N) is 1. The summed E-state index contributed by atoms with van der Waals surface area (Å²) in [7, 11) is 0. The Kier molecular flexibility index (Phi) is 3.82. The molecule has 4 saturated carbocycles. The van der Waals surface area contributed by atoms with E-state index < -0.39 is 0 Å². The molecule has 0 unspecified atom stereocenters. The number of hydrogen-bond donors (Lipinski definition) is 1. The zero-order chi connectivity index (χ0) is 17.9. The van der Waals surface area contributed by atoms with Crippen LogP contribution in [-0.2, 0) is 4.79 Å². The summed E-state index contributed by atoms with van der Waals surface area (Å²) < 4.78 is 0. The van der Waals surface area contributed by atoms with Gasteiger partial charge >= 0.3 is 0 Å². The molecule has 5 aliphatic rings. The van der Waals surface area contributed by atoms with Gasteiger partial charge in [-0.1, -0.05) is 11.6 Å². The van der Waals surface area contributed by atoms with E-state index in [0.29, 0.717) is 29.2 Å². The minimum atomic E-state index is -0.0171. The fraction of sp³-hybridized carbons (Fsp3) is 0.619. The van der Waals surface area contributed by atoms with Crippen LogP contribution in [0, 0.1) is 17.8 Å². The number of nitrogens with zero attached hydrogens (tertiary/aromatic N) is 1. The van der Waals surface area contributed by atoms with Gasteiger partial charge in [-0.3, -0.25) is 9.59 Å². The smallest absolute Gasteiger partial charge is 0.251 e. The lowest BCUT2D eigenvalue weighted by Gasteiger charge is -2.56. The van der Waals surface area contributed by atoms with Gasteiger partial charge in [-0.2, -0.15) is 0 Å². The molecule has 4 aliphatic carbocycles. The number of amides is 2. The molecule has 1 heterocycles. The highest BCUT2D eigenvalue weighted by atomic mass is 35.5. The van der Waals surface area contributed by atoms with Gasteiger partial charge in [0.05, 0.1) is 10.7 Å². The van der Waals surface area contributed by atoms with Crippen molar-refractivity contribution in [3.63, 3.8) is 0 Å². The van der Waals surface area contributed by atoms with Crippen LogP contribution in [0.4, 0.5) is 5.69 Å². The number of hydrogen-bond acceptors (Lipinski definition) is 2. The average molecular weight is 373 g/mol. The first kappa shape index (κ1) is 16.6. The number of carbonyl (C=O) groups is 2. The summed E-state index contributed by atoms with van der Waals surface area (Å²) in [6, 6.07) is 5.32. The molecule has 2 amide bonds. The van der Waals surface area contributed by atoms with Crippen LogP contribution in [0.2, 0.25) is 5.02 Å². The zero-order valence-corrected chi connectivity index (χ0v) is 15.7. The molecule has 0 atom stereocenters. The lowest BCUT2D eigenvalue weighted by atomic mass is 9.53. The first-order valence-corrected chi connectivity index (χ1v) is 10.3. The Balaban J connectivity index is 1.38. The fourth-order valence-electron chi connectivity index (χ4n) is 6.34. The van der Waals surface area contributed by atoms with Gasteiger partial charge < -0.3 is 10.2 Å². The number of anilines is 1. The van der Waals surface area contributed by atoms with Gasteiger partial charge in [-0.15, -0.1) is 0 Å². The minimum Gasteiger partial charge on any atom is -0.347 e. The highest BCUT2D eigenvalue weighted by Gasteiger charge is 2.51. The summed E-state index contributed by atoms with van der Waals surface area (Å²) in [4.78, 5) is 26.8. The lowest BCUT2D eigenvalue weighted by molar-refractivity contribution is -0.117. The van der Waals surface area contributed by atoms with Gasteiger partial charge in [0.15, 0.2) is 0 Å². The van der Waals surface area contributed by atoms with Gasteiger partial charge in [-0.25, -0.2) is 0 Å². The summed E-state index contributed by atoms with van der Waals surface area (Å²) in [6.07, 6.45) is 8.88. The monoisotopic (exact) mass is 372 g/mol. The van der Waals surface area contributed by atoms with Gasteiger partial charge in [0.1, 0.15) is 0 Å². The van der Waals surface area contributed by atoms with E-state index in [-0.39, 0.29) is 17.4 Å². The first-order chi connectivity index (χ1) is 12.5. The molecule has 5 heteroatoms. The molecule has 0 spiro atoms. The first-order valence-electron chi connectivity index (χ1n) is 9.94. The third-order valence-electron chi connectivity index (χ3n) is 6.99. The Morgan fingerprint density at radius 3 is 2.35 bits per heavy atom. The molecular formula is C21H25ClN2O2. The molecule has 4 nitrogen and oxygen atoms in total.